The second kappa shape index (κ2) is 7.04. The minimum atomic E-state index is -0.402. The summed E-state index contributed by atoms with van der Waals surface area (Å²) in [5, 5.41) is 21.2. The molecule has 1 aliphatic rings. The van der Waals surface area contributed by atoms with E-state index in [1.165, 1.54) is 19.3 Å². The summed E-state index contributed by atoms with van der Waals surface area (Å²) >= 11 is 0. The van der Waals surface area contributed by atoms with Crippen LogP contribution in [0.25, 0.3) is 10.9 Å². The molecule has 1 saturated heterocycles. The Morgan fingerprint density at radius 3 is 2.52 bits per heavy atom. The van der Waals surface area contributed by atoms with Crippen LogP contribution in [0.5, 0.6) is 0 Å². The Labute approximate surface area is 138 Å². The first-order chi connectivity index (χ1) is 11.1. The van der Waals surface area contributed by atoms with Crippen LogP contribution in [0.3, 0.4) is 0 Å². The summed E-state index contributed by atoms with van der Waals surface area (Å²) in [6.07, 6.45) is 5.30. The van der Waals surface area contributed by atoms with Gasteiger partial charge in [0.25, 0.3) is 0 Å². The van der Waals surface area contributed by atoms with Crippen LogP contribution in [-0.4, -0.2) is 44.4 Å². The number of nitrogens with zero attached hydrogens (tertiary/aromatic N) is 2. The van der Waals surface area contributed by atoms with Gasteiger partial charge in [0.1, 0.15) is 0 Å². The predicted octanol–water partition coefficient (Wildman–Crippen LogP) is 2.76. The summed E-state index contributed by atoms with van der Waals surface area (Å²) in [6.45, 7) is 5.83. The largest absolute Gasteiger partial charge is 0.392 e. The molecule has 2 aromatic rings. The van der Waals surface area contributed by atoms with Crippen LogP contribution < -0.4 is 0 Å². The van der Waals surface area contributed by atoms with Crippen LogP contribution >= 0.6 is 0 Å². The van der Waals surface area contributed by atoms with Gasteiger partial charge in [-0.15, -0.1) is 0 Å². The van der Waals surface area contributed by atoms with E-state index in [0.29, 0.717) is 25.2 Å². The number of aliphatic hydroxyl groups excluding tert-OH is 2. The summed E-state index contributed by atoms with van der Waals surface area (Å²) in [5.41, 5.74) is 2.00. The number of para-hydroxylation sites is 1. The lowest BCUT2D eigenvalue weighted by atomic mass is 9.97. The molecule has 0 amide bonds. The smallest absolute Gasteiger partial charge is 0.0845 e. The van der Waals surface area contributed by atoms with E-state index in [0.717, 1.165) is 16.5 Å². The second-order valence-corrected chi connectivity index (χ2v) is 6.96. The lowest BCUT2D eigenvalue weighted by Gasteiger charge is -2.40. The van der Waals surface area contributed by atoms with Gasteiger partial charge < -0.3 is 14.8 Å². The number of piperidine rings is 1. The number of hydrogen-bond donors (Lipinski definition) is 2. The van der Waals surface area contributed by atoms with Crippen molar-refractivity contribution in [2.75, 3.05) is 6.54 Å². The van der Waals surface area contributed by atoms with Crippen LogP contribution in [-0.2, 0) is 13.2 Å². The monoisotopic (exact) mass is 316 g/mol. The average molecular weight is 316 g/mol. The molecule has 4 heteroatoms. The number of benzene rings is 1. The molecule has 0 saturated carbocycles. The Bertz CT molecular complexity index is 642. The molecule has 1 aromatic carbocycles. The van der Waals surface area contributed by atoms with E-state index in [1.807, 2.05) is 30.5 Å². The molecular weight excluding hydrogens is 288 g/mol. The van der Waals surface area contributed by atoms with Crippen molar-refractivity contribution in [3.8, 4) is 0 Å². The normalized spacial score (nSPS) is 24.2. The topological polar surface area (TPSA) is 48.6 Å². The Hall–Kier alpha value is -1.36. The van der Waals surface area contributed by atoms with Gasteiger partial charge >= 0.3 is 0 Å². The van der Waals surface area contributed by atoms with Crippen LogP contribution in [0.1, 0.15) is 38.7 Å². The van der Waals surface area contributed by atoms with Gasteiger partial charge in [0.2, 0.25) is 0 Å². The van der Waals surface area contributed by atoms with Crippen LogP contribution in [0.15, 0.2) is 30.5 Å². The maximum atomic E-state index is 10.6. The molecular formula is C19H28N2O2. The summed E-state index contributed by atoms with van der Waals surface area (Å²) in [7, 11) is 0. The first-order valence-corrected chi connectivity index (χ1v) is 8.71. The van der Waals surface area contributed by atoms with Gasteiger partial charge in [-0.25, -0.2) is 0 Å². The molecule has 4 nitrogen and oxygen atoms in total. The van der Waals surface area contributed by atoms with Crippen molar-refractivity contribution in [1.29, 1.82) is 0 Å². The fourth-order valence-corrected chi connectivity index (χ4v) is 3.96. The van der Waals surface area contributed by atoms with E-state index in [9.17, 15) is 10.2 Å². The van der Waals surface area contributed by atoms with E-state index in [4.69, 9.17) is 0 Å². The molecule has 23 heavy (non-hydrogen) atoms. The van der Waals surface area contributed by atoms with Gasteiger partial charge in [0.05, 0.1) is 12.7 Å². The third kappa shape index (κ3) is 3.44. The molecule has 1 fully saturated rings. The van der Waals surface area contributed by atoms with Crippen molar-refractivity contribution in [1.82, 2.24) is 9.47 Å². The molecule has 126 valence electrons. The second-order valence-electron chi connectivity index (χ2n) is 6.96. The highest BCUT2D eigenvalue weighted by Gasteiger charge is 2.26. The van der Waals surface area contributed by atoms with Gasteiger partial charge in [-0.1, -0.05) is 24.6 Å². The van der Waals surface area contributed by atoms with E-state index < -0.39 is 6.10 Å². The Kier molecular flexibility index (Phi) is 5.05. The first kappa shape index (κ1) is 16.5. The number of aromatic nitrogens is 1. The SMILES string of the molecule is C[C@@H]1CCC[C@@H](C)N1C[C@H](O)Cn1cc(CO)c2ccccc21. The Morgan fingerprint density at radius 1 is 1.13 bits per heavy atom. The molecule has 0 unspecified atom stereocenters. The highest BCUT2D eigenvalue weighted by atomic mass is 16.3. The van der Waals surface area contributed by atoms with Crippen molar-refractivity contribution in [3.05, 3.63) is 36.0 Å². The fraction of sp³-hybridized carbons (Fsp3) is 0.579. The summed E-state index contributed by atoms with van der Waals surface area (Å²) in [4.78, 5) is 2.44. The standard InChI is InChI=1S/C19H28N2O2/c1-14-6-5-7-15(2)21(14)12-17(23)11-20-10-16(13-22)18-8-3-4-9-19(18)20/h3-4,8-10,14-15,17,22-23H,5-7,11-13H2,1-2H3/t14-,15-,17-/m1/s1. The van der Waals surface area contributed by atoms with Crippen molar-refractivity contribution >= 4 is 10.9 Å². The number of β-amino-alcohol motifs (C(OH)–C–C–N with tert-alkyl or cyclic N) is 1. The molecule has 0 radical (unpaired) electrons. The highest BCUT2D eigenvalue weighted by Crippen LogP contribution is 2.24. The van der Waals surface area contributed by atoms with E-state index in [1.54, 1.807) is 0 Å². The first-order valence-electron chi connectivity index (χ1n) is 8.71. The van der Waals surface area contributed by atoms with Gasteiger partial charge in [0, 0.05) is 47.8 Å². The lowest BCUT2D eigenvalue weighted by molar-refractivity contribution is 0.0352. The minimum absolute atomic E-state index is 0.0315. The van der Waals surface area contributed by atoms with Gasteiger partial charge in [0.15, 0.2) is 0 Å². The predicted molar refractivity (Wildman–Crippen MR) is 93.3 cm³/mol. The summed E-state index contributed by atoms with van der Waals surface area (Å²) in [5.74, 6) is 0. The molecule has 2 N–H and O–H groups in total. The molecule has 0 aliphatic carbocycles. The maximum absolute atomic E-state index is 10.6. The van der Waals surface area contributed by atoms with Gasteiger partial charge in [-0.3, -0.25) is 4.90 Å². The van der Waals surface area contributed by atoms with Gasteiger partial charge in [-0.05, 0) is 32.8 Å². The van der Waals surface area contributed by atoms with Crippen LogP contribution in [0.4, 0.5) is 0 Å². The van der Waals surface area contributed by atoms with E-state index in [2.05, 4.69) is 23.3 Å². The van der Waals surface area contributed by atoms with Crippen molar-refractivity contribution in [3.63, 3.8) is 0 Å². The lowest BCUT2D eigenvalue weighted by Crippen LogP contribution is -2.47. The van der Waals surface area contributed by atoms with Crippen molar-refractivity contribution < 1.29 is 10.2 Å². The number of fused-ring (bicyclic) bond motifs is 1. The van der Waals surface area contributed by atoms with Crippen LogP contribution in [0.2, 0.25) is 0 Å². The van der Waals surface area contributed by atoms with E-state index in [-0.39, 0.29) is 6.61 Å². The highest BCUT2D eigenvalue weighted by molar-refractivity contribution is 5.83. The molecule has 1 aromatic heterocycles. The third-order valence-electron chi connectivity index (χ3n) is 5.25. The maximum Gasteiger partial charge on any atom is 0.0845 e. The van der Waals surface area contributed by atoms with Crippen molar-refractivity contribution in [2.24, 2.45) is 0 Å². The quantitative estimate of drug-likeness (QED) is 0.892. The van der Waals surface area contributed by atoms with Crippen molar-refractivity contribution in [2.45, 2.75) is 64.4 Å². The summed E-state index contributed by atoms with van der Waals surface area (Å²) < 4.78 is 2.07. The van der Waals surface area contributed by atoms with E-state index >= 15 is 0 Å². The molecule has 3 rings (SSSR count). The summed E-state index contributed by atoms with van der Waals surface area (Å²) in [6, 6.07) is 9.15. The number of aliphatic hydroxyl groups is 2. The molecule has 3 atom stereocenters. The molecule has 2 heterocycles. The van der Waals surface area contributed by atoms with Crippen LogP contribution in [0, 0.1) is 0 Å². The molecule has 0 bridgehead atoms. The fourth-order valence-electron chi connectivity index (χ4n) is 3.96. The number of likely N-dealkylation sites (tertiary alicyclic amines) is 1. The molecule has 1 aliphatic heterocycles. The van der Waals surface area contributed by atoms with Gasteiger partial charge in [-0.2, -0.15) is 0 Å². The minimum Gasteiger partial charge on any atom is -0.392 e. The average Bonchev–Trinajstić information content (AvgIpc) is 2.89. The Morgan fingerprint density at radius 2 is 1.83 bits per heavy atom. The Balaban J connectivity index is 1.74. The number of rotatable bonds is 5. The zero-order chi connectivity index (χ0) is 16.4. The third-order valence-corrected chi connectivity index (χ3v) is 5.25. The zero-order valence-electron chi connectivity index (χ0n) is 14.2. The molecule has 0 spiro atoms. The number of hydrogen-bond acceptors (Lipinski definition) is 3. The zero-order valence-corrected chi connectivity index (χ0v) is 14.2.